The van der Waals surface area contributed by atoms with Gasteiger partial charge in [-0.05, 0) is 5.56 Å². The number of rotatable bonds is 10. The van der Waals surface area contributed by atoms with Gasteiger partial charge in [0, 0.05) is 24.0 Å². The SMILES string of the molecule is COc1cc(CSc2nc3cc(OC)c(OC(F)F)cc3[nH]2)ncc1OCc1ccccc1. The zero-order valence-corrected chi connectivity index (χ0v) is 18.7. The first-order valence-corrected chi connectivity index (χ1v) is 10.9. The molecule has 0 fully saturated rings. The Morgan fingerprint density at radius 1 is 0.970 bits per heavy atom. The molecule has 4 aromatic rings. The topological polar surface area (TPSA) is 78.5 Å². The number of thioether (sulfide) groups is 1. The molecule has 172 valence electrons. The highest BCUT2D eigenvalue weighted by Gasteiger charge is 2.15. The van der Waals surface area contributed by atoms with Gasteiger partial charge in [-0.25, -0.2) is 4.98 Å². The number of hydrogen-bond donors (Lipinski definition) is 1. The number of nitrogens with zero attached hydrogens (tertiary/aromatic N) is 2. The van der Waals surface area contributed by atoms with E-state index in [4.69, 9.17) is 14.2 Å². The van der Waals surface area contributed by atoms with Crippen molar-refractivity contribution in [1.82, 2.24) is 15.0 Å². The number of methoxy groups -OCH3 is 2. The number of ether oxygens (including phenoxy) is 4. The molecule has 0 amide bonds. The van der Waals surface area contributed by atoms with Crippen molar-refractivity contribution in [2.45, 2.75) is 24.1 Å². The lowest BCUT2D eigenvalue weighted by atomic mass is 10.2. The second-order valence-electron chi connectivity index (χ2n) is 6.83. The Hall–Kier alpha value is -3.53. The predicted octanol–water partition coefficient (Wildman–Crippen LogP) is 5.45. The van der Waals surface area contributed by atoms with Crippen molar-refractivity contribution >= 4 is 22.8 Å². The maximum absolute atomic E-state index is 12.6. The zero-order valence-electron chi connectivity index (χ0n) is 17.9. The molecule has 10 heteroatoms. The average molecular weight is 474 g/mol. The second kappa shape index (κ2) is 10.4. The Morgan fingerprint density at radius 2 is 1.73 bits per heavy atom. The number of halogens is 2. The van der Waals surface area contributed by atoms with Gasteiger partial charge in [-0.15, -0.1) is 0 Å². The van der Waals surface area contributed by atoms with Crippen LogP contribution in [0, 0.1) is 0 Å². The van der Waals surface area contributed by atoms with Gasteiger partial charge in [0.05, 0.1) is 37.1 Å². The molecule has 0 atom stereocenters. The van der Waals surface area contributed by atoms with E-state index >= 15 is 0 Å². The molecule has 0 aliphatic carbocycles. The summed E-state index contributed by atoms with van der Waals surface area (Å²) in [6.07, 6.45) is 1.63. The van der Waals surface area contributed by atoms with Crippen LogP contribution in [-0.4, -0.2) is 35.8 Å². The van der Waals surface area contributed by atoms with Crippen molar-refractivity contribution in [3.05, 3.63) is 66.0 Å². The Morgan fingerprint density at radius 3 is 2.45 bits per heavy atom. The molecule has 1 N–H and O–H groups in total. The second-order valence-corrected chi connectivity index (χ2v) is 7.79. The summed E-state index contributed by atoms with van der Waals surface area (Å²) in [6, 6.07) is 14.6. The molecule has 0 saturated heterocycles. The standard InChI is InChI=1S/C23H21F2N3O4S/c1-29-18-8-15(26-11-21(18)31-12-14-6-4-3-5-7-14)13-33-23-27-16-9-19(30-2)20(32-22(24)25)10-17(16)28-23/h3-11,22H,12-13H2,1-2H3,(H,27,28). The van der Waals surface area contributed by atoms with Gasteiger partial charge in [0.1, 0.15) is 6.61 Å². The summed E-state index contributed by atoms with van der Waals surface area (Å²) < 4.78 is 46.2. The van der Waals surface area contributed by atoms with E-state index in [2.05, 4.69) is 19.7 Å². The molecule has 2 heterocycles. The van der Waals surface area contributed by atoms with Crippen molar-refractivity contribution in [2.24, 2.45) is 0 Å². The third kappa shape index (κ3) is 5.64. The fourth-order valence-electron chi connectivity index (χ4n) is 3.10. The molecule has 0 saturated carbocycles. The highest BCUT2D eigenvalue weighted by Crippen LogP contribution is 2.34. The Balaban J connectivity index is 1.44. The molecule has 0 bridgehead atoms. The van der Waals surface area contributed by atoms with Crippen LogP contribution in [0.4, 0.5) is 8.78 Å². The first-order chi connectivity index (χ1) is 16.1. The third-order valence-electron chi connectivity index (χ3n) is 4.66. The third-order valence-corrected chi connectivity index (χ3v) is 5.57. The van der Waals surface area contributed by atoms with E-state index in [9.17, 15) is 8.78 Å². The molecule has 2 aromatic heterocycles. The van der Waals surface area contributed by atoms with Crippen LogP contribution in [0.1, 0.15) is 11.3 Å². The monoisotopic (exact) mass is 473 g/mol. The van der Waals surface area contributed by atoms with Crippen molar-refractivity contribution in [3.63, 3.8) is 0 Å². The maximum atomic E-state index is 12.6. The van der Waals surface area contributed by atoms with Crippen LogP contribution in [0.25, 0.3) is 11.0 Å². The number of hydrogen-bond acceptors (Lipinski definition) is 7. The van der Waals surface area contributed by atoms with Gasteiger partial charge in [0.2, 0.25) is 0 Å². The lowest BCUT2D eigenvalue weighted by molar-refractivity contribution is -0.0511. The van der Waals surface area contributed by atoms with Gasteiger partial charge in [-0.3, -0.25) is 4.98 Å². The zero-order chi connectivity index (χ0) is 23.2. The van der Waals surface area contributed by atoms with E-state index in [1.54, 1.807) is 19.4 Å². The minimum atomic E-state index is -2.95. The molecule has 0 unspecified atom stereocenters. The molecule has 0 aliphatic heterocycles. The van der Waals surface area contributed by atoms with Crippen molar-refractivity contribution in [1.29, 1.82) is 0 Å². The lowest BCUT2D eigenvalue weighted by Crippen LogP contribution is -2.03. The van der Waals surface area contributed by atoms with Crippen LogP contribution in [0.3, 0.4) is 0 Å². The van der Waals surface area contributed by atoms with E-state index in [1.165, 1.54) is 24.9 Å². The van der Waals surface area contributed by atoms with Crippen LogP contribution in [0.15, 0.2) is 59.9 Å². The van der Waals surface area contributed by atoms with E-state index in [0.717, 1.165) is 11.3 Å². The number of aromatic nitrogens is 3. The number of fused-ring (bicyclic) bond motifs is 1. The van der Waals surface area contributed by atoms with Gasteiger partial charge < -0.3 is 23.9 Å². The van der Waals surface area contributed by atoms with E-state index in [0.29, 0.717) is 40.0 Å². The van der Waals surface area contributed by atoms with E-state index in [-0.39, 0.29) is 11.5 Å². The van der Waals surface area contributed by atoms with Gasteiger partial charge in [0.15, 0.2) is 28.2 Å². The molecule has 0 radical (unpaired) electrons. The number of nitrogens with one attached hydrogen (secondary N) is 1. The molecule has 0 aliphatic rings. The minimum absolute atomic E-state index is 0.0577. The van der Waals surface area contributed by atoms with Gasteiger partial charge in [0.25, 0.3) is 0 Å². The summed E-state index contributed by atoms with van der Waals surface area (Å²) >= 11 is 1.41. The highest BCUT2D eigenvalue weighted by molar-refractivity contribution is 7.98. The Kier molecular flexibility index (Phi) is 7.13. The van der Waals surface area contributed by atoms with Gasteiger partial charge >= 0.3 is 6.61 Å². The predicted molar refractivity (Wildman–Crippen MR) is 120 cm³/mol. The van der Waals surface area contributed by atoms with E-state index in [1.807, 2.05) is 36.4 Å². The summed E-state index contributed by atoms with van der Waals surface area (Å²) in [7, 11) is 2.96. The first-order valence-electron chi connectivity index (χ1n) is 9.90. The lowest BCUT2D eigenvalue weighted by Gasteiger charge is -2.11. The van der Waals surface area contributed by atoms with Crippen LogP contribution in [0.2, 0.25) is 0 Å². The number of H-pyrrole nitrogens is 1. The molecule has 4 rings (SSSR count). The van der Waals surface area contributed by atoms with Crippen LogP contribution in [0.5, 0.6) is 23.0 Å². The van der Waals surface area contributed by atoms with Crippen molar-refractivity contribution in [2.75, 3.05) is 14.2 Å². The molecule has 2 aromatic carbocycles. The first kappa shape index (κ1) is 22.7. The van der Waals surface area contributed by atoms with Crippen LogP contribution >= 0.6 is 11.8 Å². The quantitative estimate of drug-likeness (QED) is 0.307. The number of imidazole rings is 1. The molecule has 33 heavy (non-hydrogen) atoms. The summed E-state index contributed by atoms with van der Waals surface area (Å²) in [5.41, 5.74) is 2.95. The smallest absolute Gasteiger partial charge is 0.387 e. The summed E-state index contributed by atoms with van der Waals surface area (Å²) in [4.78, 5) is 12.0. The number of aromatic amines is 1. The molecular formula is C23H21F2N3O4S. The number of pyridine rings is 1. The highest BCUT2D eigenvalue weighted by atomic mass is 32.2. The molecule has 0 spiro atoms. The Labute approximate surface area is 193 Å². The normalized spacial score (nSPS) is 11.1. The fourth-order valence-corrected chi connectivity index (χ4v) is 3.89. The molecule has 7 nitrogen and oxygen atoms in total. The number of benzene rings is 2. The Bertz CT molecular complexity index is 1220. The van der Waals surface area contributed by atoms with Gasteiger partial charge in [-0.1, -0.05) is 42.1 Å². The minimum Gasteiger partial charge on any atom is -0.493 e. The van der Waals surface area contributed by atoms with Crippen molar-refractivity contribution < 1.29 is 27.7 Å². The summed E-state index contributed by atoms with van der Waals surface area (Å²) in [5, 5.41) is 0.603. The van der Waals surface area contributed by atoms with E-state index < -0.39 is 6.61 Å². The molecular weight excluding hydrogens is 452 g/mol. The largest absolute Gasteiger partial charge is 0.493 e. The van der Waals surface area contributed by atoms with Crippen molar-refractivity contribution in [3.8, 4) is 23.0 Å². The summed E-state index contributed by atoms with van der Waals surface area (Å²) in [5.74, 6) is 1.77. The average Bonchev–Trinajstić information content (AvgIpc) is 3.23. The van der Waals surface area contributed by atoms with Crippen LogP contribution in [-0.2, 0) is 12.4 Å². The maximum Gasteiger partial charge on any atom is 0.387 e. The van der Waals surface area contributed by atoms with Gasteiger partial charge in [-0.2, -0.15) is 8.78 Å². The van der Waals surface area contributed by atoms with Crippen LogP contribution < -0.4 is 18.9 Å². The summed E-state index contributed by atoms with van der Waals surface area (Å²) in [6.45, 7) is -2.54. The number of alkyl halides is 2. The fraction of sp³-hybridized carbons (Fsp3) is 0.217.